The standard InChI is InChI=1S/C15H21Cl2N3O2/c1-9(2)18-14(21)8-20(4)10(3)15(22)19-13-7-11(16)5-6-12(13)17/h5-7,9-10H,8H2,1-4H3,(H,18,21)(H,19,22). The number of carbonyl (C=O) groups excluding carboxylic acids is 2. The highest BCUT2D eigenvalue weighted by molar-refractivity contribution is 6.35. The van der Waals surface area contributed by atoms with Gasteiger partial charge in [-0.1, -0.05) is 23.2 Å². The maximum Gasteiger partial charge on any atom is 0.241 e. The van der Waals surface area contributed by atoms with Crippen LogP contribution >= 0.6 is 23.2 Å². The highest BCUT2D eigenvalue weighted by Gasteiger charge is 2.21. The van der Waals surface area contributed by atoms with Gasteiger partial charge < -0.3 is 10.6 Å². The number of nitrogens with zero attached hydrogens (tertiary/aromatic N) is 1. The second-order valence-corrected chi connectivity index (χ2v) is 6.27. The summed E-state index contributed by atoms with van der Waals surface area (Å²) >= 11 is 11.9. The first-order valence-electron chi connectivity index (χ1n) is 6.96. The van der Waals surface area contributed by atoms with E-state index in [1.165, 1.54) is 0 Å². The molecule has 2 N–H and O–H groups in total. The fourth-order valence-electron chi connectivity index (χ4n) is 1.76. The van der Waals surface area contributed by atoms with Gasteiger partial charge in [-0.3, -0.25) is 14.5 Å². The van der Waals surface area contributed by atoms with Gasteiger partial charge in [-0.05, 0) is 46.0 Å². The summed E-state index contributed by atoms with van der Waals surface area (Å²) in [5.41, 5.74) is 0.450. The zero-order valence-corrected chi connectivity index (χ0v) is 14.6. The van der Waals surface area contributed by atoms with Crippen LogP contribution in [0.2, 0.25) is 10.0 Å². The molecular formula is C15H21Cl2N3O2. The summed E-state index contributed by atoms with van der Waals surface area (Å²) in [5, 5.41) is 6.39. The van der Waals surface area contributed by atoms with Crippen molar-refractivity contribution in [2.45, 2.75) is 32.9 Å². The second kappa shape index (κ2) is 8.36. The Bertz CT molecular complexity index is 550. The smallest absolute Gasteiger partial charge is 0.241 e. The van der Waals surface area contributed by atoms with E-state index in [1.54, 1.807) is 37.1 Å². The van der Waals surface area contributed by atoms with Gasteiger partial charge in [-0.2, -0.15) is 0 Å². The van der Waals surface area contributed by atoms with Crippen molar-refractivity contribution in [2.75, 3.05) is 18.9 Å². The predicted molar refractivity (Wildman–Crippen MR) is 90.5 cm³/mol. The number of anilines is 1. The van der Waals surface area contributed by atoms with Crippen LogP contribution in [0.5, 0.6) is 0 Å². The minimum Gasteiger partial charge on any atom is -0.353 e. The lowest BCUT2D eigenvalue weighted by Gasteiger charge is -2.24. The molecule has 0 fully saturated rings. The van der Waals surface area contributed by atoms with E-state index in [0.29, 0.717) is 15.7 Å². The number of likely N-dealkylation sites (N-methyl/N-ethyl adjacent to an activating group) is 1. The van der Waals surface area contributed by atoms with E-state index >= 15 is 0 Å². The summed E-state index contributed by atoms with van der Waals surface area (Å²) in [6, 6.07) is 4.42. The van der Waals surface area contributed by atoms with Gasteiger partial charge in [0, 0.05) is 11.1 Å². The third-order valence-electron chi connectivity index (χ3n) is 3.07. The third kappa shape index (κ3) is 5.83. The largest absolute Gasteiger partial charge is 0.353 e. The normalized spacial score (nSPS) is 12.4. The van der Waals surface area contributed by atoms with Gasteiger partial charge >= 0.3 is 0 Å². The molecule has 5 nitrogen and oxygen atoms in total. The van der Waals surface area contributed by atoms with E-state index in [9.17, 15) is 9.59 Å². The Morgan fingerprint density at radius 3 is 2.45 bits per heavy atom. The molecule has 1 unspecified atom stereocenters. The summed E-state index contributed by atoms with van der Waals surface area (Å²) in [5.74, 6) is -0.387. The molecule has 1 rings (SSSR count). The van der Waals surface area contributed by atoms with E-state index in [1.807, 2.05) is 13.8 Å². The summed E-state index contributed by atoms with van der Waals surface area (Å²) < 4.78 is 0. The van der Waals surface area contributed by atoms with Gasteiger partial charge in [-0.15, -0.1) is 0 Å². The maximum atomic E-state index is 12.2. The lowest BCUT2D eigenvalue weighted by Crippen LogP contribution is -2.46. The SMILES string of the molecule is CC(C)NC(=O)CN(C)C(C)C(=O)Nc1cc(Cl)ccc1Cl. The van der Waals surface area contributed by atoms with Crippen LogP contribution in [0.15, 0.2) is 18.2 Å². The van der Waals surface area contributed by atoms with Gasteiger partial charge in [0.1, 0.15) is 0 Å². The third-order valence-corrected chi connectivity index (χ3v) is 3.63. The molecule has 0 aliphatic heterocycles. The number of halogens is 2. The van der Waals surface area contributed by atoms with Crippen molar-refractivity contribution < 1.29 is 9.59 Å². The molecule has 0 aliphatic carbocycles. The van der Waals surface area contributed by atoms with Gasteiger partial charge in [0.05, 0.1) is 23.3 Å². The highest BCUT2D eigenvalue weighted by atomic mass is 35.5. The quantitative estimate of drug-likeness (QED) is 0.833. The Morgan fingerprint density at radius 2 is 1.86 bits per heavy atom. The van der Waals surface area contributed by atoms with Crippen molar-refractivity contribution in [3.63, 3.8) is 0 Å². The first-order valence-corrected chi connectivity index (χ1v) is 7.71. The molecule has 122 valence electrons. The number of amides is 2. The van der Waals surface area contributed by atoms with Gasteiger partial charge in [-0.25, -0.2) is 0 Å². The summed E-state index contributed by atoms with van der Waals surface area (Å²) in [6.07, 6.45) is 0. The van der Waals surface area contributed by atoms with Crippen LogP contribution in [-0.2, 0) is 9.59 Å². The summed E-state index contributed by atoms with van der Waals surface area (Å²) in [4.78, 5) is 25.6. The Hall–Kier alpha value is -1.30. The van der Waals surface area contributed by atoms with Crippen molar-refractivity contribution in [2.24, 2.45) is 0 Å². The average Bonchev–Trinajstić information content (AvgIpc) is 2.40. The minimum atomic E-state index is -0.493. The van der Waals surface area contributed by atoms with Crippen LogP contribution in [0.4, 0.5) is 5.69 Å². The van der Waals surface area contributed by atoms with Crippen LogP contribution < -0.4 is 10.6 Å². The molecule has 0 radical (unpaired) electrons. The molecule has 1 aromatic rings. The number of carbonyl (C=O) groups is 2. The maximum absolute atomic E-state index is 12.2. The molecule has 22 heavy (non-hydrogen) atoms. The van der Waals surface area contributed by atoms with Gasteiger partial charge in [0.2, 0.25) is 11.8 Å². The second-order valence-electron chi connectivity index (χ2n) is 5.43. The van der Waals surface area contributed by atoms with Crippen LogP contribution in [0, 0.1) is 0 Å². The van der Waals surface area contributed by atoms with Gasteiger partial charge in [0.15, 0.2) is 0 Å². The first kappa shape index (κ1) is 18.7. The molecule has 2 amide bonds. The Labute approximate surface area is 141 Å². The Kier molecular flexibility index (Phi) is 7.13. The Morgan fingerprint density at radius 1 is 1.23 bits per heavy atom. The van der Waals surface area contributed by atoms with Crippen LogP contribution in [0.25, 0.3) is 0 Å². The lowest BCUT2D eigenvalue weighted by atomic mass is 10.2. The lowest BCUT2D eigenvalue weighted by molar-refractivity contribution is -0.125. The number of nitrogens with one attached hydrogen (secondary N) is 2. The van der Waals surface area contributed by atoms with Crippen LogP contribution in [0.3, 0.4) is 0 Å². The van der Waals surface area contributed by atoms with Crippen molar-refractivity contribution in [3.05, 3.63) is 28.2 Å². The zero-order valence-electron chi connectivity index (χ0n) is 13.1. The molecular weight excluding hydrogens is 325 g/mol. The van der Waals surface area contributed by atoms with Crippen LogP contribution in [0.1, 0.15) is 20.8 Å². The fourth-order valence-corrected chi connectivity index (χ4v) is 2.10. The number of benzene rings is 1. The number of hydrogen-bond acceptors (Lipinski definition) is 3. The first-order chi connectivity index (χ1) is 10.2. The molecule has 0 heterocycles. The zero-order chi connectivity index (χ0) is 16.9. The van der Waals surface area contributed by atoms with E-state index < -0.39 is 6.04 Å². The minimum absolute atomic E-state index is 0.0651. The molecule has 0 aromatic heterocycles. The Balaban J connectivity index is 2.64. The predicted octanol–water partition coefficient (Wildman–Crippen LogP) is 2.78. The summed E-state index contributed by atoms with van der Waals surface area (Å²) in [6.45, 7) is 5.62. The molecule has 0 spiro atoms. The molecule has 0 saturated carbocycles. The van der Waals surface area contributed by atoms with Crippen molar-refractivity contribution in [1.29, 1.82) is 0 Å². The summed E-state index contributed by atoms with van der Waals surface area (Å²) in [7, 11) is 1.71. The van der Waals surface area contributed by atoms with E-state index in [-0.39, 0.29) is 24.4 Å². The molecule has 1 atom stereocenters. The number of rotatable bonds is 6. The number of hydrogen-bond donors (Lipinski definition) is 2. The van der Waals surface area contributed by atoms with E-state index in [0.717, 1.165) is 0 Å². The van der Waals surface area contributed by atoms with Crippen LogP contribution in [-0.4, -0.2) is 42.4 Å². The van der Waals surface area contributed by atoms with Crippen molar-refractivity contribution in [1.82, 2.24) is 10.2 Å². The topological polar surface area (TPSA) is 61.4 Å². The van der Waals surface area contributed by atoms with Crippen molar-refractivity contribution in [3.8, 4) is 0 Å². The van der Waals surface area contributed by atoms with E-state index in [2.05, 4.69) is 10.6 Å². The molecule has 0 saturated heterocycles. The molecule has 1 aromatic carbocycles. The average molecular weight is 346 g/mol. The van der Waals surface area contributed by atoms with E-state index in [4.69, 9.17) is 23.2 Å². The van der Waals surface area contributed by atoms with Gasteiger partial charge in [0.25, 0.3) is 0 Å². The van der Waals surface area contributed by atoms with Crippen molar-refractivity contribution >= 4 is 40.7 Å². The molecule has 0 bridgehead atoms. The molecule has 7 heteroatoms. The molecule has 0 aliphatic rings. The monoisotopic (exact) mass is 345 g/mol. The highest BCUT2D eigenvalue weighted by Crippen LogP contribution is 2.25. The fraction of sp³-hybridized carbons (Fsp3) is 0.467.